The average Bonchev–Trinajstić information content (AvgIpc) is 2.19. The zero-order chi connectivity index (χ0) is 12.3. The maximum Gasteiger partial charge on any atom is 0.307 e. The highest BCUT2D eigenvalue weighted by Crippen LogP contribution is 2.28. The number of nitrogens with zero attached hydrogens (tertiary/aromatic N) is 2. The van der Waals surface area contributed by atoms with E-state index < -0.39 is 24.4 Å². The third kappa shape index (κ3) is 2.63. The Labute approximate surface area is 103 Å². The largest absolute Gasteiger partial charge is 0.481 e. The maximum atomic E-state index is 12.7. The first-order valence-electron chi connectivity index (χ1n) is 4.04. The van der Waals surface area contributed by atoms with Gasteiger partial charge in [0.15, 0.2) is 0 Å². The summed E-state index contributed by atoms with van der Waals surface area (Å²) >= 11 is 1.67. The lowest BCUT2D eigenvalue weighted by Crippen LogP contribution is -2.09. The molecule has 1 rings (SSSR count). The summed E-state index contributed by atoms with van der Waals surface area (Å²) in [7, 11) is 0. The molecule has 0 spiro atoms. The minimum Gasteiger partial charge on any atom is -0.481 e. The van der Waals surface area contributed by atoms with Crippen molar-refractivity contribution in [2.24, 2.45) is 0 Å². The number of alkyl halides is 2. The molecule has 0 aliphatic rings. The van der Waals surface area contributed by atoms with Crippen molar-refractivity contribution in [1.29, 1.82) is 5.26 Å². The summed E-state index contributed by atoms with van der Waals surface area (Å²) in [5.41, 5.74) is -0.918. The summed E-state index contributed by atoms with van der Waals surface area (Å²) in [4.78, 5) is 14.2. The number of carbonyl (C=O) groups is 1. The van der Waals surface area contributed by atoms with Crippen LogP contribution in [0.25, 0.3) is 0 Å². The second-order valence-electron chi connectivity index (χ2n) is 2.84. The minimum absolute atomic E-state index is 0.0952. The van der Waals surface area contributed by atoms with Crippen molar-refractivity contribution in [1.82, 2.24) is 4.98 Å². The van der Waals surface area contributed by atoms with E-state index >= 15 is 0 Å². The Morgan fingerprint density at radius 2 is 2.31 bits per heavy atom. The molecule has 0 amide bonds. The molecule has 0 aliphatic heterocycles. The van der Waals surface area contributed by atoms with Crippen LogP contribution in [0.5, 0.6) is 0 Å². The molecule has 0 saturated heterocycles. The Morgan fingerprint density at radius 3 is 2.75 bits per heavy atom. The Balaban J connectivity index is 3.43. The second-order valence-corrected chi connectivity index (χ2v) is 3.86. The van der Waals surface area contributed by atoms with Gasteiger partial charge in [0.05, 0.1) is 12.0 Å². The number of carboxylic acids is 1. The van der Waals surface area contributed by atoms with Gasteiger partial charge < -0.3 is 5.11 Å². The molecule has 0 saturated carbocycles. The van der Waals surface area contributed by atoms with Crippen LogP contribution in [0.1, 0.15) is 23.1 Å². The predicted octanol–water partition coefficient (Wildman–Crippen LogP) is 2.12. The second kappa shape index (κ2) is 5.16. The first-order chi connectivity index (χ1) is 7.47. The Kier molecular flexibility index (Phi) is 4.12. The fourth-order valence-electron chi connectivity index (χ4n) is 1.20. The van der Waals surface area contributed by atoms with E-state index in [0.717, 1.165) is 6.20 Å². The van der Waals surface area contributed by atoms with E-state index in [1.54, 1.807) is 28.7 Å². The van der Waals surface area contributed by atoms with Crippen LogP contribution in [0.4, 0.5) is 8.78 Å². The summed E-state index contributed by atoms with van der Waals surface area (Å²) in [5.74, 6) is -1.24. The molecule has 0 unspecified atom stereocenters. The SMILES string of the molecule is N#Cc1cnc(I)c(CC(=O)O)c1C(F)F. The van der Waals surface area contributed by atoms with E-state index in [2.05, 4.69) is 4.98 Å². The van der Waals surface area contributed by atoms with Crippen LogP contribution in [-0.2, 0) is 11.2 Å². The molecule has 0 bridgehead atoms. The topological polar surface area (TPSA) is 74.0 Å². The zero-order valence-corrected chi connectivity index (χ0v) is 9.90. The molecule has 1 heterocycles. The Bertz CT molecular complexity index is 471. The first kappa shape index (κ1) is 12.8. The fourth-order valence-corrected chi connectivity index (χ4v) is 1.82. The lowest BCUT2D eigenvalue weighted by atomic mass is 10.0. The normalized spacial score (nSPS) is 10.2. The predicted molar refractivity (Wildman–Crippen MR) is 58.0 cm³/mol. The van der Waals surface area contributed by atoms with Crippen molar-refractivity contribution in [3.05, 3.63) is 26.6 Å². The number of rotatable bonds is 3. The third-order valence-corrected chi connectivity index (χ3v) is 2.77. The van der Waals surface area contributed by atoms with Crippen LogP contribution in [0, 0.1) is 15.0 Å². The van der Waals surface area contributed by atoms with Crippen molar-refractivity contribution in [3.8, 4) is 6.07 Å². The molecule has 0 aromatic carbocycles. The van der Waals surface area contributed by atoms with Crippen molar-refractivity contribution in [2.75, 3.05) is 0 Å². The van der Waals surface area contributed by atoms with Gasteiger partial charge in [-0.2, -0.15) is 5.26 Å². The van der Waals surface area contributed by atoms with Crippen molar-refractivity contribution < 1.29 is 18.7 Å². The summed E-state index contributed by atoms with van der Waals surface area (Å²) in [6.45, 7) is 0. The number of carboxylic acid groups (broad SMARTS) is 1. The molecule has 16 heavy (non-hydrogen) atoms. The van der Waals surface area contributed by atoms with Gasteiger partial charge in [0.2, 0.25) is 0 Å². The van der Waals surface area contributed by atoms with Gasteiger partial charge in [-0.3, -0.25) is 4.79 Å². The molecule has 1 aromatic rings. The van der Waals surface area contributed by atoms with Crippen LogP contribution >= 0.6 is 22.6 Å². The lowest BCUT2D eigenvalue weighted by Gasteiger charge is -2.10. The standard InChI is InChI=1S/C9H5F2IN2O2/c10-8(11)7-4(2-13)3-14-9(12)5(7)1-6(15)16/h3,8H,1H2,(H,15,16). The molecule has 0 fully saturated rings. The number of pyridine rings is 1. The molecule has 7 heteroatoms. The van der Waals surface area contributed by atoms with Crippen LogP contribution in [0.2, 0.25) is 0 Å². The van der Waals surface area contributed by atoms with Crippen LogP contribution < -0.4 is 0 Å². The van der Waals surface area contributed by atoms with Gasteiger partial charge >= 0.3 is 5.97 Å². The molecule has 1 aromatic heterocycles. The summed E-state index contributed by atoms with van der Waals surface area (Å²) in [5, 5.41) is 17.2. The summed E-state index contributed by atoms with van der Waals surface area (Å²) < 4.78 is 25.6. The lowest BCUT2D eigenvalue weighted by molar-refractivity contribution is -0.136. The quantitative estimate of drug-likeness (QED) is 0.677. The van der Waals surface area contributed by atoms with E-state index in [1.807, 2.05) is 0 Å². The highest BCUT2D eigenvalue weighted by Gasteiger charge is 2.22. The molecule has 0 radical (unpaired) electrons. The number of hydrogen-bond donors (Lipinski definition) is 1. The van der Waals surface area contributed by atoms with Crippen LogP contribution in [-0.4, -0.2) is 16.1 Å². The Hall–Kier alpha value is -1.30. The molecule has 1 N–H and O–H groups in total. The molecular formula is C9H5F2IN2O2. The average molecular weight is 338 g/mol. The van der Waals surface area contributed by atoms with Gasteiger partial charge in [-0.25, -0.2) is 13.8 Å². The van der Waals surface area contributed by atoms with Crippen molar-refractivity contribution in [3.63, 3.8) is 0 Å². The molecule has 0 aliphatic carbocycles. The number of hydrogen-bond acceptors (Lipinski definition) is 3. The van der Waals surface area contributed by atoms with Crippen LogP contribution in [0.15, 0.2) is 6.20 Å². The van der Waals surface area contributed by atoms with E-state index in [4.69, 9.17) is 10.4 Å². The molecule has 0 atom stereocenters. The molecule has 84 valence electrons. The molecular weight excluding hydrogens is 333 g/mol. The highest BCUT2D eigenvalue weighted by atomic mass is 127. The summed E-state index contributed by atoms with van der Waals surface area (Å²) in [6, 6.07) is 1.58. The van der Waals surface area contributed by atoms with Crippen molar-refractivity contribution >= 4 is 28.6 Å². The summed E-state index contributed by atoms with van der Waals surface area (Å²) in [6.07, 6.45) is -2.43. The minimum atomic E-state index is -2.89. The van der Waals surface area contributed by atoms with Gasteiger partial charge in [0.1, 0.15) is 9.77 Å². The number of nitriles is 1. The van der Waals surface area contributed by atoms with Crippen LogP contribution in [0.3, 0.4) is 0 Å². The molecule has 4 nitrogen and oxygen atoms in total. The van der Waals surface area contributed by atoms with Gasteiger partial charge in [-0.05, 0) is 22.6 Å². The number of aromatic nitrogens is 1. The zero-order valence-electron chi connectivity index (χ0n) is 7.75. The smallest absolute Gasteiger partial charge is 0.307 e. The monoisotopic (exact) mass is 338 g/mol. The highest BCUT2D eigenvalue weighted by molar-refractivity contribution is 14.1. The Morgan fingerprint density at radius 1 is 1.69 bits per heavy atom. The van der Waals surface area contributed by atoms with E-state index in [-0.39, 0.29) is 14.8 Å². The van der Waals surface area contributed by atoms with E-state index in [9.17, 15) is 13.6 Å². The maximum absolute atomic E-state index is 12.7. The van der Waals surface area contributed by atoms with Gasteiger partial charge in [-0.15, -0.1) is 0 Å². The van der Waals surface area contributed by atoms with Gasteiger partial charge in [0, 0.05) is 17.3 Å². The van der Waals surface area contributed by atoms with Gasteiger partial charge in [0.25, 0.3) is 6.43 Å². The number of halogens is 3. The van der Waals surface area contributed by atoms with Gasteiger partial charge in [-0.1, -0.05) is 0 Å². The third-order valence-electron chi connectivity index (χ3n) is 1.84. The van der Waals surface area contributed by atoms with E-state index in [0.29, 0.717) is 0 Å². The van der Waals surface area contributed by atoms with E-state index in [1.165, 1.54) is 0 Å². The van der Waals surface area contributed by atoms with Crippen molar-refractivity contribution in [2.45, 2.75) is 12.8 Å². The first-order valence-corrected chi connectivity index (χ1v) is 5.12. The number of aliphatic carboxylic acids is 1. The fraction of sp³-hybridized carbons (Fsp3) is 0.222.